The van der Waals surface area contributed by atoms with Crippen LogP contribution in [0.5, 0.6) is 0 Å². The van der Waals surface area contributed by atoms with Gasteiger partial charge in [-0.15, -0.1) is 22.0 Å². The topological polar surface area (TPSA) is 46.8 Å². The molecule has 164 valence electrons. The fraction of sp³-hybridized carbons (Fsp3) is 0.208. The molecule has 2 aromatic heterocycles. The highest BCUT2D eigenvalue weighted by atomic mass is 35.5. The van der Waals surface area contributed by atoms with Gasteiger partial charge in [0, 0.05) is 34.6 Å². The number of hydrogen-bond donors (Lipinski definition) is 0. The average molecular weight is 482 g/mol. The Morgan fingerprint density at radius 1 is 0.938 bits per heavy atom. The molecule has 2 heterocycles. The average Bonchev–Trinajstić information content (AvgIpc) is 3.21. The third-order valence-corrected chi connectivity index (χ3v) is 6.89. The monoisotopic (exact) mass is 481 g/mol. The van der Waals surface area contributed by atoms with Gasteiger partial charge in [0.25, 0.3) is 0 Å². The van der Waals surface area contributed by atoms with Gasteiger partial charge in [-0.3, -0.25) is 14.5 Å². The van der Waals surface area contributed by atoms with Crippen molar-refractivity contribution in [1.82, 2.24) is 24.6 Å². The molecule has 0 aliphatic carbocycles. The molecule has 0 bridgehead atoms. The van der Waals surface area contributed by atoms with E-state index in [1.165, 1.54) is 16.0 Å². The van der Waals surface area contributed by atoms with Crippen molar-refractivity contribution in [3.63, 3.8) is 0 Å². The van der Waals surface area contributed by atoms with Crippen molar-refractivity contribution in [3.8, 4) is 5.69 Å². The Morgan fingerprint density at radius 3 is 2.44 bits per heavy atom. The highest BCUT2D eigenvalue weighted by Gasteiger charge is 2.17. The predicted octanol–water partition coefficient (Wildman–Crippen LogP) is 5.96. The van der Waals surface area contributed by atoms with Crippen LogP contribution in [0.25, 0.3) is 5.69 Å². The quantitative estimate of drug-likeness (QED) is 0.275. The van der Waals surface area contributed by atoms with Gasteiger partial charge in [-0.25, -0.2) is 0 Å². The third-order valence-electron chi connectivity index (χ3n) is 4.91. The molecule has 4 aromatic rings. The second-order valence-corrected chi connectivity index (χ2v) is 9.64. The molecule has 0 saturated heterocycles. The summed E-state index contributed by atoms with van der Waals surface area (Å²) in [5.41, 5.74) is 3.43. The second-order valence-electron chi connectivity index (χ2n) is 7.38. The van der Waals surface area contributed by atoms with Crippen molar-refractivity contribution in [2.24, 2.45) is 0 Å². The first-order valence-electron chi connectivity index (χ1n) is 10.2. The SMILES string of the molecule is CSc1ccc(CN(C)Cc2nnc(SCc3ccncc3)n2-c2cccc(Cl)c2)cc1. The van der Waals surface area contributed by atoms with Gasteiger partial charge >= 0.3 is 0 Å². The predicted molar refractivity (Wildman–Crippen MR) is 134 cm³/mol. The van der Waals surface area contributed by atoms with Gasteiger partial charge in [-0.1, -0.05) is 41.6 Å². The van der Waals surface area contributed by atoms with Gasteiger partial charge in [0.15, 0.2) is 11.0 Å². The lowest BCUT2D eigenvalue weighted by atomic mass is 10.2. The van der Waals surface area contributed by atoms with E-state index in [4.69, 9.17) is 11.6 Å². The van der Waals surface area contributed by atoms with Crippen LogP contribution in [0, 0.1) is 0 Å². The van der Waals surface area contributed by atoms with Gasteiger partial charge in [0.2, 0.25) is 0 Å². The van der Waals surface area contributed by atoms with Crippen LogP contribution in [-0.2, 0) is 18.8 Å². The molecule has 32 heavy (non-hydrogen) atoms. The molecular weight excluding hydrogens is 458 g/mol. The number of rotatable bonds is 9. The summed E-state index contributed by atoms with van der Waals surface area (Å²) < 4.78 is 2.10. The van der Waals surface area contributed by atoms with E-state index in [9.17, 15) is 0 Å². The highest BCUT2D eigenvalue weighted by molar-refractivity contribution is 7.98. The van der Waals surface area contributed by atoms with E-state index >= 15 is 0 Å². The molecule has 0 aliphatic rings. The van der Waals surface area contributed by atoms with Crippen molar-refractivity contribution in [1.29, 1.82) is 0 Å². The molecule has 0 unspecified atom stereocenters. The summed E-state index contributed by atoms with van der Waals surface area (Å²) in [5.74, 6) is 1.67. The van der Waals surface area contributed by atoms with E-state index in [0.29, 0.717) is 11.6 Å². The van der Waals surface area contributed by atoms with Crippen LogP contribution in [-0.4, -0.2) is 38.0 Å². The van der Waals surface area contributed by atoms with E-state index in [2.05, 4.69) is 62.2 Å². The minimum absolute atomic E-state index is 0.666. The summed E-state index contributed by atoms with van der Waals surface area (Å²) in [6.45, 7) is 1.50. The number of pyridine rings is 1. The van der Waals surface area contributed by atoms with E-state index in [1.807, 2.05) is 48.8 Å². The van der Waals surface area contributed by atoms with Crippen molar-refractivity contribution < 1.29 is 0 Å². The lowest BCUT2D eigenvalue weighted by Gasteiger charge is -2.18. The molecule has 4 rings (SSSR count). The first-order valence-corrected chi connectivity index (χ1v) is 12.7. The van der Waals surface area contributed by atoms with E-state index in [-0.39, 0.29) is 0 Å². The lowest BCUT2D eigenvalue weighted by Crippen LogP contribution is -2.20. The minimum atomic E-state index is 0.666. The third kappa shape index (κ3) is 5.92. The van der Waals surface area contributed by atoms with E-state index in [0.717, 1.165) is 29.0 Å². The van der Waals surface area contributed by atoms with Crippen LogP contribution < -0.4 is 0 Å². The summed E-state index contributed by atoms with van der Waals surface area (Å²) in [6.07, 6.45) is 5.71. The summed E-state index contributed by atoms with van der Waals surface area (Å²) in [5, 5.41) is 10.6. The smallest absolute Gasteiger partial charge is 0.196 e. The zero-order chi connectivity index (χ0) is 22.3. The van der Waals surface area contributed by atoms with Crippen molar-refractivity contribution in [3.05, 3.63) is 95.0 Å². The minimum Gasteiger partial charge on any atom is -0.295 e. The molecular formula is C24H24ClN5S2. The summed E-state index contributed by atoms with van der Waals surface area (Å²) in [6, 6.07) is 20.5. The molecule has 0 saturated carbocycles. The van der Waals surface area contributed by atoms with Crippen LogP contribution in [0.1, 0.15) is 17.0 Å². The Kier molecular flexibility index (Phi) is 7.86. The lowest BCUT2D eigenvalue weighted by molar-refractivity contribution is 0.308. The highest BCUT2D eigenvalue weighted by Crippen LogP contribution is 2.27. The maximum absolute atomic E-state index is 6.30. The Hall–Kier alpha value is -2.32. The molecule has 0 N–H and O–H groups in total. The van der Waals surface area contributed by atoms with Gasteiger partial charge in [0.1, 0.15) is 0 Å². The zero-order valence-corrected chi connectivity index (χ0v) is 20.4. The van der Waals surface area contributed by atoms with Gasteiger partial charge in [-0.2, -0.15) is 0 Å². The largest absolute Gasteiger partial charge is 0.295 e. The summed E-state index contributed by atoms with van der Waals surface area (Å²) in [4.78, 5) is 7.61. The molecule has 5 nitrogen and oxygen atoms in total. The number of nitrogens with zero attached hydrogens (tertiary/aromatic N) is 5. The number of thioether (sulfide) groups is 2. The Morgan fingerprint density at radius 2 is 1.72 bits per heavy atom. The van der Waals surface area contributed by atoms with Crippen LogP contribution >= 0.6 is 35.1 Å². The van der Waals surface area contributed by atoms with Gasteiger partial charge in [0.05, 0.1) is 12.2 Å². The Labute approximate surface area is 202 Å². The number of hydrogen-bond acceptors (Lipinski definition) is 6. The fourth-order valence-electron chi connectivity index (χ4n) is 3.34. The van der Waals surface area contributed by atoms with E-state index in [1.54, 1.807) is 23.5 Å². The van der Waals surface area contributed by atoms with Gasteiger partial charge in [-0.05, 0) is 66.9 Å². The second kappa shape index (κ2) is 11.0. The maximum Gasteiger partial charge on any atom is 0.196 e. The Bertz CT molecular complexity index is 1150. The van der Waals surface area contributed by atoms with Crippen molar-refractivity contribution >= 4 is 35.1 Å². The Balaban J connectivity index is 1.55. The van der Waals surface area contributed by atoms with E-state index < -0.39 is 0 Å². The van der Waals surface area contributed by atoms with Gasteiger partial charge < -0.3 is 0 Å². The molecule has 0 amide bonds. The number of halogens is 1. The zero-order valence-electron chi connectivity index (χ0n) is 18.0. The molecule has 0 fully saturated rings. The normalized spacial score (nSPS) is 11.2. The van der Waals surface area contributed by atoms with Crippen LogP contribution in [0.4, 0.5) is 0 Å². The molecule has 0 atom stereocenters. The molecule has 2 aromatic carbocycles. The van der Waals surface area contributed by atoms with Crippen molar-refractivity contribution in [2.45, 2.75) is 28.9 Å². The summed E-state index contributed by atoms with van der Waals surface area (Å²) >= 11 is 9.71. The molecule has 0 radical (unpaired) electrons. The number of aromatic nitrogens is 4. The first-order chi connectivity index (χ1) is 15.6. The fourth-order valence-corrected chi connectivity index (χ4v) is 4.86. The first kappa shape index (κ1) is 22.9. The molecule has 0 spiro atoms. The molecule has 8 heteroatoms. The summed E-state index contributed by atoms with van der Waals surface area (Å²) in [7, 11) is 2.10. The standard InChI is InChI=1S/C24H24ClN5S2/c1-29(15-18-6-8-22(31-2)9-7-18)16-23-27-28-24(32-17-19-10-12-26-13-11-19)30(23)21-5-3-4-20(25)14-21/h3-14H,15-17H2,1-2H3. The maximum atomic E-state index is 6.30. The van der Waals surface area contributed by atoms with Crippen LogP contribution in [0.3, 0.4) is 0 Å². The van der Waals surface area contributed by atoms with Crippen LogP contribution in [0.15, 0.2) is 83.1 Å². The molecule has 0 aliphatic heterocycles. The van der Waals surface area contributed by atoms with Crippen LogP contribution in [0.2, 0.25) is 5.02 Å². The van der Waals surface area contributed by atoms with Crippen molar-refractivity contribution in [2.75, 3.05) is 13.3 Å². The number of benzene rings is 2.